The van der Waals surface area contributed by atoms with Gasteiger partial charge in [-0.3, -0.25) is 9.59 Å². The summed E-state index contributed by atoms with van der Waals surface area (Å²) in [6, 6.07) is 14.9. The predicted octanol–water partition coefficient (Wildman–Crippen LogP) is 4.28. The number of nitrogens with two attached hydrogens (primary N) is 1. The topological polar surface area (TPSA) is 103 Å². The molecule has 1 amide bonds. The van der Waals surface area contributed by atoms with Crippen molar-refractivity contribution in [3.63, 3.8) is 0 Å². The summed E-state index contributed by atoms with van der Waals surface area (Å²) in [6.07, 6.45) is 0. The van der Waals surface area contributed by atoms with Crippen LogP contribution in [0.25, 0.3) is 11.4 Å². The number of amides is 1. The molecule has 3 N–H and O–H groups in total. The van der Waals surface area contributed by atoms with E-state index in [0.717, 1.165) is 5.56 Å². The number of thioether (sulfide) groups is 1. The average Bonchev–Trinajstić information content (AvgIpc) is 3.07. The minimum absolute atomic E-state index is 0.0576. The lowest BCUT2D eigenvalue weighted by atomic mass is 9.87. The first-order valence-electron chi connectivity index (χ1n) is 9.96. The molecule has 0 fully saturated rings. The summed E-state index contributed by atoms with van der Waals surface area (Å²) in [5, 5.41) is 11.2. The highest BCUT2D eigenvalue weighted by molar-refractivity contribution is 8.00. The zero-order valence-corrected chi connectivity index (χ0v) is 19.2. The fourth-order valence-corrected chi connectivity index (χ4v) is 3.72. The number of benzene rings is 2. The molecule has 1 unspecified atom stereocenters. The normalized spacial score (nSPS) is 12.4. The van der Waals surface area contributed by atoms with E-state index in [9.17, 15) is 9.59 Å². The second-order valence-corrected chi connectivity index (χ2v) is 9.70. The van der Waals surface area contributed by atoms with Crippen LogP contribution in [-0.4, -0.2) is 31.8 Å². The lowest BCUT2D eigenvalue weighted by molar-refractivity contribution is -0.115. The predicted molar refractivity (Wildman–Crippen MR) is 125 cm³/mol. The highest BCUT2D eigenvalue weighted by Gasteiger charge is 2.21. The van der Waals surface area contributed by atoms with Crippen molar-refractivity contribution in [1.29, 1.82) is 0 Å². The number of nitrogen functional groups attached to an aromatic ring is 1. The first kappa shape index (κ1) is 22.6. The van der Waals surface area contributed by atoms with Crippen molar-refractivity contribution < 1.29 is 9.59 Å². The third-order valence-corrected chi connectivity index (χ3v) is 5.92. The van der Waals surface area contributed by atoms with Crippen LogP contribution in [0.5, 0.6) is 0 Å². The first-order chi connectivity index (χ1) is 14.6. The van der Waals surface area contributed by atoms with Crippen LogP contribution in [0.1, 0.15) is 50.5 Å². The molecule has 0 saturated carbocycles. The van der Waals surface area contributed by atoms with Gasteiger partial charge in [0.05, 0.1) is 5.25 Å². The first-order valence-corrected chi connectivity index (χ1v) is 10.8. The molecule has 3 aromatic rings. The smallest absolute Gasteiger partial charge is 0.237 e. The molecule has 0 aliphatic rings. The van der Waals surface area contributed by atoms with Crippen LogP contribution in [-0.2, 0) is 10.2 Å². The lowest BCUT2D eigenvalue weighted by Gasteiger charge is -2.19. The number of hydrogen-bond acceptors (Lipinski definition) is 6. The fraction of sp³-hybridized carbons (Fsp3) is 0.304. The van der Waals surface area contributed by atoms with E-state index in [2.05, 4.69) is 48.4 Å². The summed E-state index contributed by atoms with van der Waals surface area (Å²) < 4.78 is 1.40. The van der Waals surface area contributed by atoms with E-state index in [1.165, 1.54) is 28.9 Å². The van der Waals surface area contributed by atoms with Crippen LogP contribution in [0.2, 0.25) is 0 Å². The Balaban J connectivity index is 1.70. The number of hydrogen-bond donors (Lipinski definition) is 2. The van der Waals surface area contributed by atoms with Crippen molar-refractivity contribution in [3.8, 4) is 11.4 Å². The van der Waals surface area contributed by atoms with Gasteiger partial charge in [-0.25, -0.2) is 4.68 Å². The van der Waals surface area contributed by atoms with Gasteiger partial charge in [0, 0.05) is 16.8 Å². The molecule has 1 atom stereocenters. The Morgan fingerprint density at radius 1 is 1.10 bits per heavy atom. The quantitative estimate of drug-likeness (QED) is 0.339. The molecule has 3 rings (SSSR count). The number of nitrogens with one attached hydrogen (secondary N) is 1. The summed E-state index contributed by atoms with van der Waals surface area (Å²) in [7, 11) is 0. The molecule has 31 heavy (non-hydrogen) atoms. The highest BCUT2D eigenvalue weighted by Crippen LogP contribution is 2.28. The molecule has 8 heteroatoms. The van der Waals surface area contributed by atoms with Crippen molar-refractivity contribution in [3.05, 3.63) is 59.7 Å². The molecule has 162 valence electrons. The molecule has 0 radical (unpaired) electrons. The van der Waals surface area contributed by atoms with Crippen molar-refractivity contribution in [2.75, 3.05) is 11.2 Å². The lowest BCUT2D eigenvalue weighted by Crippen LogP contribution is -2.23. The molecule has 0 bridgehead atoms. The Morgan fingerprint density at radius 3 is 2.39 bits per heavy atom. The highest BCUT2D eigenvalue weighted by atomic mass is 32.2. The Bertz CT molecular complexity index is 1100. The van der Waals surface area contributed by atoms with Gasteiger partial charge in [-0.2, -0.15) is 0 Å². The van der Waals surface area contributed by atoms with E-state index < -0.39 is 5.25 Å². The minimum Gasteiger partial charge on any atom is -0.335 e. The van der Waals surface area contributed by atoms with E-state index >= 15 is 0 Å². The number of carbonyl (C=O) groups is 2. The molecule has 0 aliphatic carbocycles. The van der Waals surface area contributed by atoms with E-state index in [1.807, 2.05) is 12.1 Å². The van der Waals surface area contributed by atoms with Crippen LogP contribution in [0.15, 0.2) is 53.7 Å². The third-order valence-electron chi connectivity index (χ3n) is 4.86. The van der Waals surface area contributed by atoms with Crippen LogP contribution in [0.3, 0.4) is 0 Å². The molecular weight excluding hydrogens is 410 g/mol. The molecule has 2 aromatic carbocycles. The Morgan fingerprint density at radius 2 is 1.77 bits per heavy atom. The van der Waals surface area contributed by atoms with Crippen molar-refractivity contribution in [2.24, 2.45) is 0 Å². The van der Waals surface area contributed by atoms with Gasteiger partial charge in [0.15, 0.2) is 11.6 Å². The Kier molecular flexibility index (Phi) is 6.50. The maximum absolute atomic E-state index is 12.6. The van der Waals surface area contributed by atoms with Gasteiger partial charge in [-0.15, -0.1) is 10.2 Å². The SMILES string of the molecule is CC(=O)c1cccc(NC(=O)C(C)Sc2nnc(-c3ccc(C(C)(C)C)cc3)n2N)c1. The molecule has 7 nitrogen and oxygen atoms in total. The number of carbonyl (C=O) groups excluding carboxylic acids is 2. The largest absolute Gasteiger partial charge is 0.335 e. The number of nitrogens with zero attached hydrogens (tertiary/aromatic N) is 3. The number of anilines is 1. The van der Waals surface area contributed by atoms with E-state index in [-0.39, 0.29) is 17.1 Å². The minimum atomic E-state index is -0.469. The van der Waals surface area contributed by atoms with E-state index in [1.54, 1.807) is 31.2 Å². The number of aromatic nitrogens is 3. The second kappa shape index (κ2) is 8.93. The van der Waals surface area contributed by atoms with Gasteiger partial charge in [0.1, 0.15) is 0 Å². The maximum atomic E-state index is 12.6. The van der Waals surface area contributed by atoms with Crippen LogP contribution < -0.4 is 11.2 Å². The van der Waals surface area contributed by atoms with Gasteiger partial charge in [0.2, 0.25) is 11.1 Å². The Hall–Kier alpha value is -3.13. The van der Waals surface area contributed by atoms with Crippen LogP contribution >= 0.6 is 11.8 Å². The van der Waals surface area contributed by atoms with Crippen LogP contribution in [0.4, 0.5) is 5.69 Å². The fourth-order valence-electron chi connectivity index (χ4n) is 2.95. The molecular formula is C23H27N5O2S. The van der Waals surface area contributed by atoms with Gasteiger partial charge in [-0.05, 0) is 37.0 Å². The Labute approximate surface area is 186 Å². The molecule has 0 spiro atoms. The van der Waals surface area contributed by atoms with Gasteiger partial charge in [-0.1, -0.05) is 68.9 Å². The molecule has 0 saturated heterocycles. The van der Waals surface area contributed by atoms with Crippen molar-refractivity contribution in [2.45, 2.75) is 50.4 Å². The number of rotatable bonds is 6. The molecule has 0 aliphatic heterocycles. The standard InChI is InChI=1S/C23H27N5O2S/c1-14(29)17-7-6-8-19(13-17)25-21(30)15(2)31-22-27-26-20(28(22)24)16-9-11-18(12-10-16)23(3,4)5/h6-13,15H,24H2,1-5H3,(H,25,30). The van der Waals surface area contributed by atoms with E-state index in [0.29, 0.717) is 22.2 Å². The summed E-state index contributed by atoms with van der Waals surface area (Å²) in [4.78, 5) is 24.1. The number of ketones is 1. The zero-order chi connectivity index (χ0) is 22.8. The molecule has 1 heterocycles. The van der Waals surface area contributed by atoms with Gasteiger partial charge in [0.25, 0.3) is 0 Å². The van der Waals surface area contributed by atoms with Crippen molar-refractivity contribution >= 4 is 29.1 Å². The summed E-state index contributed by atoms with van der Waals surface area (Å²) in [6.45, 7) is 9.73. The van der Waals surface area contributed by atoms with Crippen molar-refractivity contribution in [1.82, 2.24) is 14.9 Å². The average molecular weight is 438 g/mol. The summed E-state index contributed by atoms with van der Waals surface area (Å²) in [5.41, 5.74) is 3.24. The third kappa shape index (κ3) is 5.32. The van der Waals surface area contributed by atoms with Gasteiger partial charge >= 0.3 is 0 Å². The second-order valence-electron chi connectivity index (χ2n) is 8.39. The van der Waals surface area contributed by atoms with Gasteiger partial charge < -0.3 is 11.2 Å². The van der Waals surface area contributed by atoms with Crippen LogP contribution in [0, 0.1) is 0 Å². The monoisotopic (exact) mass is 437 g/mol. The zero-order valence-electron chi connectivity index (χ0n) is 18.3. The molecule has 1 aromatic heterocycles. The summed E-state index contributed by atoms with van der Waals surface area (Å²) >= 11 is 1.22. The van der Waals surface area contributed by atoms with E-state index in [4.69, 9.17) is 5.84 Å². The summed E-state index contributed by atoms with van der Waals surface area (Å²) in [5.74, 6) is 6.47. The maximum Gasteiger partial charge on any atom is 0.237 e. The number of Topliss-reactive ketones (excluding diaryl/α,β-unsaturated/α-hetero) is 1.